The fourth-order valence-corrected chi connectivity index (χ4v) is 2.80. The molecule has 0 amide bonds. The first-order valence-electron chi connectivity index (χ1n) is 5.77. The van der Waals surface area contributed by atoms with Crippen LogP contribution in [0.5, 0.6) is 0 Å². The van der Waals surface area contributed by atoms with Crippen molar-refractivity contribution < 1.29 is 10.2 Å². The zero-order valence-corrected chi connectivity index (χ0v) is 10.2. The topological polar surface area (TPSA) is 76.5 Å². The third kappa shape index (κ3) is 1.90. The van der Waals surface area contributed by atoms with Crippen molar-refractivity contribution in [2.75, 3.05) is 6.54 Å². The minimum Gasteiger partial charge on any atom is -0.367 e. The van der Waals surface area contributed by atoms with Gasteiger partial charge < -0.3 is 26.2 Å². The van der Waals surface area contributed by atoms with Crippen LogP contribution in [-0.4, -0.2) is 39.4 Å². The van der Waals surface area contributed by atoms with E-state index in [0.717, 1.165) is 19.4 Å². The van der Waals surface area contributed by atoms with Gasteiger partial charge in [0, 0.05) is 18.9 Å². The molecule has 1 heterocycles. The molecule has 3 atom stereocenters. The smallest absolute Gasteiger partial charge is 0.187 e. The lowest BCUT2D eigenvalue weighted by molar-refractivity contribution is -0.180. The first-order chi connectivity index (χ1) is 7.49. The van der Waals surface area contributed by atoms with Crippen LogP contribution >= 0.6 is 12.2 Å². The van der Waals surface area contributed by atoms with Gasteiger partial charge in [0.25, 0.3) is 0 Å². The van der Waals surface area contributed by atoms with Gasteiger partial charge in [-0.1, -0.05) is 6.92 Å². The third-order valence-corrected chi connectivity index (χ3v) is 3.61. The number of hydrogen-bond donors (Lipinski definition) is 5. The van der Waals surface area contributed by atoms with Crippen LogP contribution in [0.15, 0.2) is 0 Å². The molecular weight excluding hydrogens is 226 g/mol. The standard InChI is InChI=1S/C10H19N3O2S/c1-2-5-11-7-3-4-9(14)10(15,6-7)13-8(16)12-9/h7,11,14-15H,2-6H2,1H3,(H2,12,13,16)/t7-,9+,10-/m1/s1. The van der Waals surface area contributed by atoms with E-state index in [9.17, 15) is 10.2 Å². The Balaban J connectivity index is 2.04. The second-order valence-corrected chi connectivity index (χ2v) is 5.10. The van der Waals surface area contributed by atoms with E-state index in [-0.39, 0.29) is 6.04 Å². The summed E-state index contributed by atoms with van der Waals surface area (Å²) >= 11 is 4.94. The van der Waals surface area contributed by atoms with Crippen LogP contribution in [-0.2, 0) is 0 Å². The molecule has 1 saturated carbocycles. The molecule has 0 radical (unpaired) electrons. The van der Waals surface area contributed by atoms with Crippen molar-refractivity contribution in [2.45, 2.75) is 50.1 Å². The van der Waals surface area contributed by atoms with Gasteiger partial charge in [0.15, 0.2) is 16.6 Å². The summed E-state index contributed by atoms with van der Waals surface area (Å²) in [5.41, 5.74) is -2.65. The highest BCUT2D eigenvalue weighted by atomic mass is 32.1. The van der Waals surface area contributed by atoms with Crippen molar-refractivity contribution in [1.82, 2.24) is 16.0 Å². The summed E-state index contributed by atoms with van der Waals surface area (Å²) in [5.74, 6) is 0. The van der Waals surface area contributed by atoms with Crippen LogP contribution in [0.2, 0.25) is 0 Å². The molecule has 0 unspecified atom stereocenters. The van der Waals surface area contributed by atoms with Crippen molar-refractivity contribution in [3.8, 4) is 0 Å². The van der Waals surface area contributed by atoms with Crippen LogP contribution < -0.4 is 16.0 Å². The highest BCUT2D eigenvalue weighted by molar-refractivity contribution is 7.80. The second-order valence-electron chi connectivity index (χ2n) is 4.69. The zero-order valence-electron chi connectivity index (χ0n) is 9.42. The summed E-state index contributed by atoms with van der Waals surface area (Å²) in [6, 6.07) is 0.223. The molecule has 92 valence electrons. The minimum atomic E-state index is -1.34. The Hall–Kier alpha value is -0.430. The normalized spacial score (nSPS) is 42.4. The van der Waals surface area contributed by atoms with Crippen LogP contribution in [0.1, 0.15) is 32.6 Å². The molecule has 0 aromatic rings. The van der Waals surface area contributed by atoms with Gasteiger partial charge in [-0.15, -0.1) is 0 Å². The Labute approximate surface area is 101 Å². The molecule has 0 bridgehead atoms. The van der Waals surface area contributed by atoms with Crippen molar-refractivity contribution in [3.63, 3.8) is 0 Å². The van der Waals surface area contributed by atoms with Gasteiger partial charge in [-0.05, 0) is 31.6 Å². The largest absolute Gasteiger partial charge is 0.367 e. The van der Waals surface area contributed by atoms with Crippen LogP contribution in [0.25, 0.3) is 0 Å². The summed E-state index contributed by atoms with van der Waals surface area (Å²) in [7, 11) is 0. The SMILES string of the molecule is CCCN[C@@H]1CC[C@@]2(O)NC(=S)N[C@@]2(O)C1. The zero-order chi connectivity index (χ0) is 11.8. The maximum absolute atomic E-state index is 10.4. The fourth-order valence-electron chi connectivity index (χ4n) is 2.47. The van der Waals surface area contributed by atoms with Gasteiger partial charge in [0.1, 0.15) is 0 Å². The van der Waals surface area contributed by atoms with E-state index in [2.05, 4.69) is 22.9 Å². The maximum Gasteiger partial charge on any atom is 0.187 e. The summed E-state index contributed by atoms with van der Waals surface area (Å²) in [6.45, 7) is 3.03. The average Bonchev–Trinajstić information content (AvgIpc) is 2.43. The molecule has 5 N–H and O–H groups in total. The number of fused-ring (bicyclic) bond motifs is 1. The molecule has 0 spiro atoms. The van der Waals surface area contributed by atoms with Crippen LogP contribution in [0.4, 0.5) is 0 Å². The van der Waals surface area contributed by atoms with Gasteiger partial charge in [-0.25, -0.2) is 0 Å². The molecule has 1 aliphatic carbocycles. The third-order valence-electron chi connectivity index (χ3n) is 3.40. The van der Waals surface area contributed by atoms with Crippen molar-refractivity contribution >= 4 is 17.3 Å². The highest BCUT2D eigenvalue weighted by Crippen LogP contribution is 2.36. The van der Waals surface area contributed by atoms with E-state index >= 15 is 0 Å². The number of thiocarbonyl (C=S) groups is 1. The number of hydrogen-bond acceptors (Lipinski definition) is 4. The fraction of sp³-hybridized carbons (Fsp3) is 0.900. The molecule has 16 heavy (non-hydrogen) atoms. The Morgan fingerprint density at radius 3 is 2.81 bits per heavy atom. The Morgan fingerprint density at radius 2 is 2.12 bits per heavy atom. The van der Waals surface area contributed by atoms with Crippen LogP contribution in [0.3, 0.4) is 0 Å². The lowest BCUT2D eigenvalue weighted by atomic mass is 9.81. The summed E-state index contributed by atoms with van der Waals surface area (Å²) in [5, 5.41) is 29.8. The van der Waals surface area contributed by atoms with E-state index in [1.54, 1.807) is 0 Å². The van der Waals surface area contributed by atoms with Crippen molar-refractivity contribution in [3.05, 3.63) is 0 Å². The van der Waals surface area contributed by atoms with E-state index < -0.39 is 11.4 Å². The molecule has 1 saturated heterocycles. The van der Waals surface area contributed by atoms with Gasteiger partial charge >= 0.3 is 0 Å². The van der Waals surface area contributed by atoms with E-state index in [0.29, 0.717) is 18.0 Å². The molecule has 1 aliphatic heterocycles. The summed E-state index contributed by atoms with van der Waals surface area (Å²) in [4.78, 5) is 0. The Bertz CT molecular complexity index is 302. The summed E-state index contributed by atoms with van der Waals surface area (Å²) < 4.78 is 0. The van der Waals surface area contributed by atoms with Crippen molar-refractivity contribution in [1.29, 1.82) is 0 Å². The van der Waals surface area contributed by atoms with E-state index in [1.807, 2.05) is 0 Å². The average molecular weight is 245 g/mol. The van der Waals surface area contributed by atoms with Gasteiger partial charge in [-0.2, -0.15) is 0 Å². The Morgan fingerprint density at radius 1 is 1.44 bits per heavy atom. The van der Waals surface area contributed by atoms with Gasteiger partial charge in [0.05, 0.1) is 0 Å². The predicted octanol–water partition coefficient (Wildman–Crippen LogP) is -0.607. The molecule has 5 nitrogen and oxygen atoms in total. The van der Waals surface area contributed by atoms with E-state index in [1.165, 1.54) is 0 Å². The monoisotopic (exact) mass is 245 g/mol. The lowest BCUT2D eigenvalue weighted by Gasteiger charge is -2.43. The lowest BCUT2D eigenvalue weighted by Crippen LogP contribution is -2.65. The number of nitrogens with one attached hydrogen (secondary N) is 3. The molecule has 2 rings (SSSR count). The predicted molar refractivity (Wildman–Crippen MR) is 64.7 cm³/mol. The van der Waals surface area contributed by atoms with Gasteiger partial charge in [-0.3, -0.25) is 0 Å². The number of rotatable bonds is 3. The molecule has 0 aromatic carbocycles. The first kappa shape index (κ1) is 12.0. The quantitative estimate of drug-likeness (QED) is 0.427. The van der Waals surface area contributed by atoms with Gasteiger partial charge in [0.2, 0.25) is 0 Å². The van der Waals surface area contributed by atoms with Crippen LogP contribution in [0, 0.1) is 0 Å². The second kappa shape index (κ2) is 4.10. The maximum atomic E-state index is 10.4. The van der Waals surface area contributed by atoms with Crippen molar-refractivity contribution in [2.24, 2.45) is 0 Å². The molecule has 6 heteroatoms. The number of aliphatic hydroxyl groups is 2. The molecule has 2 aliphatic rings. The molecule has 0 aromatic heterocycles. The first-order valence-corrected chi connectivity index (χ1v) is 6.18. The highest BCUT2D eigenvalue weighted by Gasteiger charge is 2.58. The van der Waals surface area contributed by atoms with E-state index in [4.69, 9.17) is 12.2 Å². The molecule has 2 fully saturated rings. The summed E-state index contributed by atoms with van der Waals surface area (Å²) in [6.07, 6.45) is 2.83. The Kier molecular flexibility index (Phi) is 3.09. The minimum absolute atomic E-state index is 0.223. The molecular formula is C10H19N3O2S.